The lowest BCUT2D eigenvalue weighted by molar-refractivity contribution is 0.202. The molecule has 1 atom stereocenters. The summed E-state index contributed by atoms with van der Waals surface area (Å²) < 4.78 is 5.22. The minimum atomic E-state index is 0.0349. The standard InChI is InChI=1S/C15H27N3O/c1-5-14(6-2)18(9-10-19-4)15-11-13(12(3)16)7-8-17-15/h7-8,11-12,14H,5-6,9-10,16H2,1-4H3/t12-/m0/s1. The maximum Gasteiger partial charge on any atom is 0.129 e. The minimum Gasteiger partial charge on any atom is -0.383 e. The number of aromatic nitrogens is 1. The van der Waals surface area contributed by atoms with Crippen LogP contribution in [0.3, 0.4) is 0 Å². The molecule has 1 aromatic rings. The molecule has 0 bridgehead atoms. The zero-order chi connectivity index (χ0) is 14.3. The molecule has 4 nitrogen and oxygen atoms in total. The summed E-state index contributed by atoms with van der Waals surface area (Å²) in [5.74, 6) is 1.00. The average molecular weight is 265 g/mol. The van der Waals surface area contributed by atoms with Crippen molar-refractivity contribution in [3.05, 3.63) is 23.9 Å². The van der Waals surface area contributed by atoms with Gasteiger partial charge in [0, 0.05) is 31.9 Å². The van der Waals surface area contributed by atoms with Crippen LogP contribution in [0.15, 0.2) is 18.3 Å². The van der Waals surface area contributed by atoms with E-state index in [1.807, 2.05) is 19.2 Å². The summed E-state index contributed by atoms with van der Waals surface area (Å²) in [5.41, 5.74) is 7.08. The summed E-state index contributed by atoms with van der Waals surface area (Å²) in [6, 6.07) is 4.60. The third-order valence-corrected chi connectivity index (χ3v) is 3.51. The lowest BCUT2D eigenvalue weighted by Crippen LogP contribution is -2.37. The number of rotatable bonds is 8. The van der Waals surface area contributed by atoms with Gasteiger partial charge in [-0.25, -0.2) is 4.98 Å². The average Bonchev–Trinajstić information content (AvgIpc) is 2.43. The number of nitrogens with two attached hydrogens (primary N) is 1. The molecule has 0 aromatic carbocycles. The Balaban J connectivity index is 2.98. The third kappa shape index (κ3) is 4.48. The molecule has 0 saturated carbocycles. The van der Waals surface area contributed by atoms with Crippen molar-refractivity contribution in [2.75, 3.05) is 25.2 Å². The van der Waals surface area contributed by atoms with Crippen LogP contribution in [0.2, 0.25) is 0 Å². The van der Waals surface area contributed by atoms with E-state index in [9.17, 15) is 0 Å². The molecule has 1 rings (SSSR count). The highest BCUT2D eigenvalue weighted by molar-refractivity contribution is 5.43. The number of methoxy groups -OCH3 is 1. The number of anilines is 1. The summed E-state index contributed by atoms with van der Waals surface area (Å²) in [6.45, 7) is 7.99. The highest BCUT2D eigenvalue weighted by atomic mass is 16.5. The van der Waals surface area contributed by atoms with Gasteiger partial charge in [-0.2, -0.15) is 0 Å². The highest BCUT2D eigenvalue weighted by Gasteiger charge is 2.17. The van der Waals surface area contributed by atoms with E-state index in [4.69, 9.17) is 10.5 Å². The van der Waals surface area contributed by atoms with E-state index >= 15 is 0 Å². The second-order valence-electron chi connectivity index (χ2n) is 4.89. The zero-order valence-corrected chi connectivity index (χ0v) is 12.6. The second-order valence-corrected chi connectivity index (χ2v) is 4.89. The molecule has 0 amide bonds. The van der Waals surface area contributed by atoms with E-state index in [1.54, 1.807) is 7.11 Å². The first-order valence-electron chi connectivity index (χ1n) is 7.11. The molecular formula is C15H27N3O. The molecule has 0 spiro atoms. The molecule has 0 fully saturated rings. The van der Waals surface area contributed by atoms with Crippen molar-refractivity contribution >= 4 is 5.82 Å². The summed E-state index contributed by atoms with van der Waals surface area (Å²) in [7, 11) is 1.73. The minimum absolute atomic E-state index is 0.0349. The summed E-state index contributed by atoms with van der Waals surface area (Å²) >= 11 is 0. The Labute approximate surface area is 117 Å². The molecule has 0 saturated heterocycles. The Morgan fingerprint density at radius 2 is 2.05 bits per heavy atom. The molecular weight excluding hydrogens is 238 g/mol. The SMILES string of the molecule is CCC(CC)N(CCOC)c1cc([C@H](C)N)ccn1. The fraction of sp³-hybridized carbons (Fsp3) is 0.667. The molecule has 0 aliphatic carbocycles. The number of hydrogen-bond acceptors (Lipinski definition) is 4. The number of ether oxygens (including phenoxy) is 1. The van der Waals surface area contributed by atoms with Crippen LogP contribution in [0.4, 0.5) is 5.82 Å². The van der Waals surface area contributed by atoms with Crippen LogP contribution in [-0.2, 0) is 4.74 Å². The Morgan fingerprint density at radius 1 is 1.37 bits per heavy atom. The summed E-state index contributed by atoms with van der Waals surface area (Å²) in [6.07, 6.45) is 4.05. The molecule has 2 N–H and O–H groups in total. The summed E-state index contributed by atoms with van der Waals surface area (Å²) in [5, 5.41) is 0. The van der Waals surface area contributed by atoms with Crippen molar-refractivity contribution < 1.29 is 4.74 Å². The first-order valence-corrected chi connectivity index (χ1v) is 7.11. The molecule has 1 aromatic heterocycles. The number of nitrogens with zero attached hydrogens (tertiary/aromatic N) is 2. The van der Waals surface area contributed by atoms with Crippen LogP contribution in [0.1, 0.15) is 45.2 Å². The first kappa shape index (κ1) is 15.9. The van der Waals surface area contributed by atoms with E-state index in [2.05, 4.69) is 29.8 Å². The van der Waals surface area contributed by atoms with E-state index in [0.29, 0.717) is 12.6 Å². The van der Waals surface area contributed by atoms with Crippen molar-refractivity contribution in [3.63, 3.8) is 0 Å². The smallest absolute Gasteiger partial charge is 0.129 e. The number of pyridine rings is 1. The predicted octanol–water partition coefficient (Wildman–Crippen LogP) is 2.74. The van der Waals surface area contributed by atoms with Gasteiger partial charge in [0.1, 0.15) is 5.82 Å². The Hall–Kier alpha value is -1.13. The Kier molecular flexibility index (Phi) is 6.81. The van der Waals surface area contributed by atoms with Gasteiger partial charge >= 0.3 is 0 Å². The summed E-state index contributed by atoms with van der Waals surface area (Å²) in [4.78, 5) is 6.84. The molecule has 0 radical (unpaired) electrons. The Morgan fingerprint density at radius 3 is 2.58 bits per heavy atom. The quantitative estimate of drug-likeness (QED) is 0.785. The molecule has 0 aliphatic rings. The van der Waals surface area contributed by atoms with Crippen molar-refractivity contribution in [1.82, 2.24) is 4.98 Å². The normalized spacial score (nSPS) is 12.7. The molecule has 1 heterocycles. The second kappa shape index (κ2) is 8.12. The van der Waals surface area contributed by atoms with Crippen LogP contribution in [0, 0.1) is 0 Å². The van der Waals surface area contributed by atoms with Crippen molar-refractivity contribution in [1.29, 1.82) is 0 Å². The topological polar surface area (TPSA) is 51.4 Å². The van der Waals surface area contributed by atoms with Crippen LogP contribution < -0.4 is 10.6 Å². The molecule has 108 valence electrons. The van der Waals surface area contributed by atoms with E-state index < -0.39 is 0 Å². The maximum atomic E-state index is 5.95. The van der Waals surface area contributed by atoms with E-state index in [1.165, 1.54) is 0 Å². The van der Waals surface area contributed by atoms with Gasteiger partial charge in [-0.05, 0) is 37.5 Å². The van der Waals surface area contributed by atoms with Crippen molar-refractivity contribution in [2.45, 2.75) is 45.7 Å². The largest absolute Gasteiger partial charge is 0.383 e. The van der Waals surface area contributed by atoms with Gasteiger partial charge in [-0.3, -0.25) is 0 Å². The van der Waals surface area contributed by atoms with Gasteiger partial charge in [0.25, 0.3) is 0 Å². The first-order chi connectivity index (χ1) is 9.13. The van der Waals surface area contributed by atoms with Crippen LogP contribution in [0.5, 0.6) is 0 Å². The third-order valence-electron chi connectivity index (χ3n) is 3.51. The van der Waals surface area contributed by atoms with E-state index in [0.717, 1.165) is 30.8 Å². The number of hydrogen-bond donors (Lipinski definition) is 1. The van der Waals surface area contributed by atoms with Gasteiger partial charge in [0.2, 0.25) is 0 Å². The van der Waals surface area contributed by atoms with Gasteiger partial charge in [0.05, 0.1) is 6.61 Å². The maximum absolute atomic E-state index is 5.95. The monoisotopic (exact) mass is 265 g/mol. The fourth-order valence-electron chi connectivity index (χ4n) is 2.28. The van der Waals surface area contributed by atoms with Crippen molar-refractivity contribution in [3.8, 4) is 0 Å². The molecule has 0 aliphatic heterocycles. The lowest BCUT2D eigenvalue weighted by Gasteiger charge is -2.31. The molecule has 0 unspecified atom stereocenters. The van der Waals surface area contributed by atoms with Crippen molar-refractivity contribution in [2.24, 2.45) is 5.73 Å². The van der Waals surface area contributed by atoms with Crippen LogP contribution in [0.25, 0.3) is 0 Å². The predicted molar refractivity (Wildman–Crippen MR) is 80.4 cm³/mol. The lowest BCUT2D eigenvalue weighted by atomic mass is 10.1. The zero-order valence-electron chi connectivity index (χ0n) is 12.6. The van der Waals surface area contributed by atoms with Crippen LogP contribution >= 0.6 is 0 Å². The Bertz CT molecular complexity index is 364. The highest BCUT2D eigenvalue weighted by Crippen LogP contribution is 2.21. The van der Waals surface area contributed by atoms with Gasteiger partial charge in [0.15, 0.2) is 0 Å². The van der Waals surface area contributed by atoms with Crippen LogP contribution in [-0.4, -0.2) is 31.3 Å². The van der Waals surface area contributed by atoms with E-state index in [-0.39, 0.29) is 6.04 Å². The van der Waals surface area contributed by atoms with Gasteiger partial charge in [-0.1, -0.05) is 13.8 Å². The van der Waals surface area contributed by atoms with Gasteiger partial charge in [-0.15, -0.1) is 0 Å². The molecule has 19 heavy (non-hydrogen) atoms. The fourth-order valence-corrected chi connectivity index (χ4v) is 2.28. The molecule has 4 heteroatoms. The van der Waals surface area contributed by atoms with Gasteiger partial charge < -0.3 is 15.4 Å².